The largest absolute Gasteiger partial charge is 0.370 e. The molecule has 0 saturated carbocycles. The lowest BCUT2D eigenvalue weighted by Gasteiger charge is -2.21. The van der Waals surface area contributed by atoms with Crippen LogP contribution in [0.5, 0.6) is 0 Å². The number of aliphatic imine (C=N–C) groups is 1. The Hall–Kier alpha value is -3.15. The summed E-state index contributed by atoms with van der Waals surface area (Å²) in [6.07, 6.45) is 5.24. The van der Waals surface area contributed by atoms with Gasteiger partial charge in [-0.3, -0.25) is 24.2 Å². The Morgan fingerprint density at radius 3 is 1.97 bits per heavy atom. The Labute approximate surface area is 211 Å². The zero-order chi connectivity index (χ0) is 28.4. The van der Waals surface area contributed by atoms with Crippen molar-refractivity contribution >= 4 is 30.1 Å². The molecule has 12 heteroatoms. The fraction of sp³-hybridized carbons (Fsp3) is 0.696. The van der Waals surface area contributed by atoms with E-state index in [-0.39, 0.29) is 30.5 Å². The molecule has 4 amide bonds. The number of nitrogens with zero attached hydrogens (tertiary/aromatic N) is 3. The topological polar surface area (TPSA) is 203 Å². The minimum absolute atomic E-state index is 0.203. The monoisotopic (exact) mass is 502 g/mol. The Kier molecular flexibility index (Phi) is 30.3. The first-order chi connectivity index (χ1) is 16.5. The smallest absolute Gasteiger partial charge is 0.248 e. The molecule has 0 aliphatic carbocycles. The highest BCUT2D eigenvalue weighted by molar-refractivity contribution is 5.93. The number of carbonyl (C=O) groups excluding carboxylic acids is 4. The fourth-order valence-electron chi connectivity index (χ4n) is 2.29. The number of hydrogen-bond acceptors (Lipinski definition) is 6. The summed E-state index contributed by atoms with van der Waals surface area (Å²) in [5, 5.41) is 2.40. The number of rotatable bonds is 13. The van der Waals surface area contributed by atoms with Crippen LogP contribution in [-0.2, 0) is 19.2 Å². The van der Waals surface area contributed by atoms with E-state index in [0.29, 0.717) is 13.0 Å². The minimum atomic E-state index is -0.630. The van der Waals surface area contributed by atoms with Gasteiger partial charge in [-0.1, -0.05) is 34.1 Å². The van der Waals surface area contributed by atoms with Crippen molar-refractivity contribution < 1.29 is 19.2 Å². The van der Waals surface area contributed by atoms with E-state index in [0.717, 1.165) is 23.8 Å². The van der Waals surface area contributed by atoms with Crippen LogP contribution in [-0.4, -0.2) is 80.2 Å². The summed E-state index contributed by atoms with van der Waals surface area (Å²) in [5.74, 6) is -0.415. The average molecular weight is 503 g/mol. The molecule has 0 aliphatic heterocycles. The van der Waals surface area contributed by atoms with Crippen LogP contribution in [0.4, 0.5) is 0 Å². The Morgan fingerprint density at radius 2 is 1.60 bits per heavy atom. The fourth-order valence-corrected chi connectivity index (χ4v) is 2.29. The van der Waals surface area contributed by atoms with E-state index in [1.165, 1.54) is 45.0 Å². The van der Waals surface area contributed by atoms with Gasteiger partial charge >= 0.3 is 0 Å². The van der Waals surface area contributed by atoms with E-state index < -0.39 is 11.8 Å². The molecular weight excluding hydrogens is 452 g/mol. The van der Waals surface area contributed by atoms with E-state index in [4.69, 9.17) is 17.2 Å². The van der Waals surface area contributed by atoms with E-state index in [1.54, 1.807) is 6.92 Å². The second-order valence-corrected chi connectivity index (χ2v) is 7.01. The molecule has 0 aromatic carbocycles. The molecule has 0 aliphatic rings. The van der Waals surface area contributed by atoms with Crippen molar-refractivity contribution in [3.8, 4) is 0 Å². The maximum Gasteiger partial charge on any atom is 0.248 e. The van der Waals surface area contributed by atoms with Gasteiger partial charge in [-0.05, 0) is 39.7 Å². The molecule has 0 bridgehead atoms. The highest BCUT2D eigenvalue weighted by Gasteiger charge is 2.16. The van der Waals surface area contributed by atoms with Gasteiger partial charge < -0.3 is 38.1 Å². The molecule has 0 radical (unpaired) electrons. The van der Waals surface area contributed by atoms with E-state index >= 15 is 0 Å². The summed E-state index contributed by atoms with van der Waals surface area (Å²) >= 11 is 0. The molecule has 35 heavy (non-hydrogen) atoms. The lowest BCUT2D eigenvalue weighted by Crippen LogP contribution is -2.42. The Bertz CT molecular complexity index is 635. The summed E-state index contributed by atoms with van der Waals surface area (Å²) in [5.41, 5.74) is 20.1. The van der Waals surface area contributed by atoms with E-state index in [2.05, 4.69) is 29.9 Å². The SMILES string of the molecule is CC.CCN(CC(N)=O)C(=O)CN(C=O)/C=C(/C)C(=O)NC.CC[C@@H](C)CCCN=C(N)N.CN. The molecule has 0 heterocycles. The molecule has 0 spiro atoms. The number of primary amides is 1. The van der Waals surface area contributed by atoms with Crippen molar-refractivity contribution in [2.24, 2.45) is 33.8 Å². The number of nitrogens with two attached hydrogens (primary N) is 4. The normalized spacial score (nSPS) is 10.4. The van der Waals surface area contributed by atoms with Crippen LogP contribution in [0, 0.1) is 5.92 Å². The third-order valence-corrected chi connectivity index (χ3v) is 4.33. The molecule has 0 aromatic rings. The number of guanidine groups is 1. The molecule has 0 unspecified atom stereocenters. The number of carbonyl (C=O) groups is 4. The second kappa shape index (κ2) is 27.1. The summed E-state index contributed by atoms with van der Waals surface area (Å²) in [6.45, 7) is 12.2. The lowest BCUT2D eigenvalue weighted by atomic mass is 10.0. The number of amides is 4. The van der Waals surface area contributed by atoms with E-state index in [9.17, 15) is 19.2 Å². The first-order valence-corrected chi connectivity index (χ1v) is 11.8. The van der Waals surface area contributed by atoms with Crippen molar-refractivity contribution in [3.05, 3.63) is 11.8 Å². The highest BCUT2D eigenvalue weighted by atomic mass is 16.2. The van der Waals surface area contributed by atoms with Crippen LogP contribution in [0.2, 0.25) is 0 Å². The van der Waals surface area contributed by atoms with Crippen molar-refractivity contribution in [1.29, 1.82) is 0 Å². The van der Waals surface area contributed by atoms with Crippen LogP contribution in [0.3, 0.4) is 0 Å². The first kappa shape index (κ1) is 39.1. The van der Waals surface area contributed by atoms with Gasteiger partial charge in [-0.2, -0.15) is 0 Å². The number of likely N-dealkylation sites (N-methyl/N-ethyl adjacent to an activating group) is 2. The molecule has 1 atom stereocenters. The summed E-state index contributed by atoms with van der Waals surface area (Å²) in [6, 6.07) is 0. The van der Waals surface area contributed by atoms with Gasteiger partial charge in [-0.25, -0.2) is 0 Å². The third kappa shape index (κ3) is 25.3. The highest BCUT2D eigenvalue weighted by Crippen LogP contribution is 2.08. The van der Waals surface area contributed by atoms with Gasteiger partial charge in [0.25, 0.3) is 0 Å². The number of nitrogens with one attached hydrogen (secondary N) is 1. The summed E-state index contributed by atoms with van der Waals surface area (Å²) < 4.78 is 0. The van der Waals surface area contributed by atoms with Gasteiger partial charge in [-0.15, -0.1) is 0 Å². The molecule has 0 aromatic heterocycles. The first-order valence-electron chi connectivity index (χ1n) is 11.8. The quantitative estimate of drug-likeness (QED) is 0.0772. The Balaban J connectivity index is -0.000000270. The van der Waals surface area contributed by atoms with E-state index in [1.807, 2.05) is 13.8 Å². The van der Waals surface area contributed by atoms with Crippen molar-refractivity contribution in [2.75, 3.05) is 40.3 Å². The van der Waals surface area contributed by atoms with Gasteiger partial charge in [0.05, 0.1) is 6.54 Å². The zero-order valence-corrected chi connectivity index (χ0v) is 23.0. The lowest BCUT2D eigenvalue weighted by molar-refractivity contribution is -0.137. The molecule has 12 nitrogen and oxygen atoms in total. The van der Waals surface area contributed by atoms with Crippen molar-refractivity contribution in [1.82, 2.24) is 15.1 Å². The predicted molar refractivity (Wildman–Crippen MR) is 143 cm³/mol. The van der Waals surface area contributed by atoms with Gasteiger partial charge in [0.15, 0.2) is 5.96 Å². The number of hydrogen-bond donors (Lipinski definition) is 5. The molecule has 9 N–H and O–H groups in total. The van der Waals surface area contributed by atoms with Crippen LogP contribution >= 0.6 is 0 Å². The predicted octanol–water partition coefficient (Wildman–Crippen LogP) is 0.116. The van der Waals surface area contributed by atoms with Crippen LogP contribution in [0.15, 0.2) is 16.8 Å². The maximum atomic E-state index is 11.9. The molecule has 0 saturated heterocycles. The van der Waals surface area contributed by atoms with Gasteiger partial charge in [0.2, 0.25) is 24.1 Å². The molecule has 0 rings (SSSR count). The van der Waals surface area contributed by atoms with Crippen LogP contribution < -0.4 is 28.3 Å². The molecule has 206 valence electrons. The second-order valence-electron chi connectivity index (χ2n) is 7.01. The van der Waals surface area contributed by atoms with Crippen molar-refractivity contribution in [3.63, 3.8) is 0 Å². The molecule has 0 fully saturated rings. The Morgan fingerprint density at radius 1 is 1.06 bits per heavy atom. The maximum absolute atomic E-state index is 11.9. The minimum Gasteiger partial charge on any atom is -0.370 e. The third-order valence-electron chi connectivity index (χ3n) is 4.33. The standard InChI is InChI=1S/C12H20N4O4.C8H19N3.C2H6.CH5N/c1-4-16(6-10(13)18)11(19)7-15(8-17)5-9(2)12(20)14-3;1-3-7(2)5-4-6-11-8(9)10;2*1-2/h5,8H,4,6-7H2,1-3H3,(H2,13,18)(H,14,20);7H,3-6H2,1-2H3,(H4,9,10,11);1-2H3;2H2,1H3/b9-5-;;;/t;7-;;/m.1../s1. The molecular formula is C23H50N8O4. The van der Waals surface area contributed by atoms with Crippen LogP contribution in [0.1, 0.15) is 60.8 Å². The summed E-state index contributed by atoms with van der Waals surface area (Å²) in [7, 11) is 2.96. The van der Waals surface area contributed by atoms with Crippen LogP contribution in [0.25, 0.3) is 0 Å². The van der Waals surface area contributed by atoms with Crippen molar-refractivity contribution in [2.45, 2.75) is 60.8 Å². The zero-order valence-electron chi connectivity index (χ0n) is 23.0. The van der Waals surface area contributed by atoms with Gasteiger partial charge in [0, 0.05) is 31.9 Å². The summed E-state index contributed by atoms with van der Waals surface area (Å²) in [4.78, 5) is 51.1. The average Bonchev–Trinajstić information content (AvgIpc) is 2.86. The van der Waals surface area contributed by atoms with Gasteiger partial charge in [0.1, 0.15) is 6.54 Å².